The minimum atomic E-state index is -0.778. The second kappa shape index (κ2) is 6.07. The van der Waals surface area contributed by atoms with Crippen molar-refractivity contribution in [2.75, 3.05) is 20.1 Å². The van der Waals surface area contributed by atoms with Crippen LogP contribution >= 0.6 is 0 Å². The van der Waals surface area contributed by atoms with Crippen molar-refractivity contribution in [1.82, 2.24) is 10.2 Å². The molecule has 0 unspecified atom stereocenters. The van der Waals surface area contributed by atoms with Gasteiger partial charge in [0.25, 0.3) is 0 Å². The van der Waals surface area contributed by atoms with E-state index in [1.54, 1.807) is 11.9 Å². The van der Waals surface area contributed by atoms with E-state index in [1.807, 2.05) is 0 Å². The first-order valence-electron chi connectivity index (χ1n) is 6.55. The molecular formula is C13H24N2O3. The fourth-order valence-corrected chi connectivity index (χ4v) is 2.44. The monoisotopic (exact) mass is 256 g/mol. The summed E-state index contributed by atoms with van der Waals surface area (Å²) < 4.78 is 0. The van der Waals surface area contributed by atoms with Crippen LogP contribution in [0.4, 0.5) is 4.79 Å². The number of carbonyl (C=O) groups excluding carboxylic acids is 1. The number of urea groups is 1. The summed E-state index contributed by atoms with van der Waals surface area (Å²) >= 11 is 0. The summed E-state index contributed by atoms with van der Waals surface area (Å²) in [6.45, 7) is 5.29. The number of carbonyl (C=O) groups is 2. The van der Waals surface area contributed by atoms with Crippen LogP contribution < -0.4 is 5.32 Å². The summed E-state index contributed by atoms with van der Waals surface area (Å²) in [5.74, 6) is -0.350. The van der Waals surface area contributed by atoms with E-state index in [4.69, 9.17) is 5.11 Å². The molecule has 0 spiro atoms. The number of hydrogen-bond donors (Lipinski definition) is 2. The van der Waals surface area contributed by atoms with Crippen molar-refractivity contribution >= 4 is 12.0 Å². The van der Waals surface area contributed by atoms with E-state index in [0.29, 0.717) is 19.0 Å². The Kier molecular flexibility index (Phi) is 4.99. The lowest BCUT2D eigenvalue weighted by Gasteiger charge is -2.41. The minimum Gasteiger partial charge on any atom is -0.481 e. The number of carboxylic acid groups (broad SMARTS) is 1. The Morgan fingerprint density at radius 1 is 1.39 bits per heavy atom. The van der Waals surface area contributed by atoms with Crippen LogP contribution in [0.25, 0.3) is 0 Å². The third-order valence-electron chi connectivity index (χ3n) is 3.54. The van der Waals surface area contributed by atoms with Gasteiger partial charge in [-0.1, -0.05) is 20.3 Å². The van der Waals surface area contributed by atoms with Gasteiger partial charge in [0, 0.05) is 20.1 Å². The van der Waals surface area contributed by atoms with Crippen LogP contribution in [-0.4, -0.2) is 42.1 Å². The van der Waals surface area contributed by atoms with Crippen molar-refractivity contribution < 1.29 is 14.7 Å². The van der Waals surface area contributed by atoms with Gasteiger partial charge in [-0.25, -0.2) is 4.79 Å². The Hall–Kier alpha value is -1.26. The summed E-state index contributed by atoms with van der Waals surface area (Å²) in [6.07, 6.45) is 3.01. The van der Waals surface area contributed by atoms with E-state index in [9.17, 15) is 9.59 Å². The molecule has 0 radical (unpaired) electrons. The highest BCUT2D eigenvalue weighted by atomic mass is 16.4. The predicted octanol–water partition coefficient (Wildman–Crippen LogP) is 1.93. The molecule has 0 atom stereocenters. The SMILES string of the molecule is CC(C)CN(C)C(=O)NCC1(CC(=O)O)CCC1. The minimum absolute atomic E-state index is 0.111. The molecule has 0 aromatic rings. The lowest BCUT2D eigenvalue weighted by Crippen LogP contribution is -2.47. The number of nitrogens with zero attached hydrogens (tertiary/aromatic N) is 1. The maximum Gasteiger partial charge on any atom is 0.317 e. The van der Waals surface area contributed by atoms with Crippen molar-refractivity contribution in [3.63, 3.8) is 0 Å². The Balaban J connectivity index is 2.38. The highest BCUT2D eigenvalue weighted by Gasteiger charge is 2.39. The van der Waals surface area contributed by atoms with Gasteiger partial charge in [-0.15, -0.1) is 0 Å². The molecule has 0 aliphatic heterocycles. The van der Waals surface area contributed by atoms with Gasteiger partial charge in [-0.05, 0) is 24.2 Å². The number of rotatable bonds is 6. The average molecular weight is 256 g/mol. The summed E-state index contributed by atoms with van der Waals surface area (Å²) in [5.41, 5.74) is -0.208. The molecule has 0 bridgehead atoms. The topological polar surface area (TPSA) is 69.6 Å². The van der Waals surface area contributed by atoms with Crippen molar-refractivity contribution in [2.45, 2.75) is 39.5 Å². The molecule has 1 rings (SSSR count). The van der Waals surface area contributed by atoms with Crippen LogP contribution in [0.2, 0.25) is 0 Å². The summed E-state index contributed by atoms with van der Waals surface area (Å²) in [7, 11) is 1.76. The average Bonchev–Trinajstić information content (AvgIpc) is 2.19. The third-order valence-corrected chi connectivity index (χ3v) is 3.54. The lowest BCUT2D eigenvalue weighted by atomic mass is 9.66. The smallest absolute Gasteiger partial charge is 0.317 e. The molecular weight excluding hydrogens is 232 g/mol. The molecule has 2 amide bonds. The van der Waals surface area contributed by atoms with E-state index in [0.717, 1.165) is 19.3 Å². The zero-order valence-corrected chi connectivity index (χ0v) is 11.5. The van der Waals surface area contributed by atoms with E-state index >= 15 is 0 Å². The Morgan fingerprint density at radius 2 is 2.00 bits per heavy atom. The molecule has 0 saturated heterocycles. The maximum absolute atomic E-state index is 11.8. The van der Waals surface area contributed by atoms with Gasteiger partial charge in [-0.3, -0.25) is 4.79 Å². The van der Waals surface area contributed by atoms with Crippen molar-refractivity contribution in [3.05, 3.63) is 0 Å². The molecule has 0 aromatic carbocycles. The molecule has 0 aromatic heterocycles. The zero-order chi connectivity index (χ0) is 13.8. The molecule has 0 heterocycles. The maximum atomic E-state index is 11.8. The second-order valence-corrected chi connectivity index (χ2v) is 5.86. The van der Waals surface area contributed by atoms with E-state index in [2.05, 4.69) is 19.2 Å². The Morgan fingerprint density at radius 3 is 2.39 bits per heavy atom. The molecule has 5 heteroatoms. The van der Waals surface area contributed by atoms with Crippen LogP contribution in [0.5, 0.6) is 0 Å². The molecule has 1 saturated carbocycles. The van der Waals surface area contributed by atoms with Gasteiger partial charge < -0.3 is 15.3 Å². The van der Waals surface area contributed by atoms with E-state index in [-0.39, 0.29) is 17.9 Å². The quantitative estimate of drug-likeness (QED) is 0.763. The highest BCUT2D eigenvalue weighted by Crippen LogP contribution is 2.43. The Bertz CT molecular complexity index is 311. The first kappa shape index (κ1) is 14.8. The number of hydrogen-bond acceptors (Lipinski definition) is 2. The fraction of sp³-hybridized carbons (Fsp3) is 0.846. The van der Waals surface area contributed by atoms with Crippen LogP contribution in [-0.2, 0) is 4.79 Å². The third kappa shape index (κ3) is 4.20. The zero-order valence-electron chi connectivity index (χ0n) is 11.5. The predicted molar refractivity (Wildman–Crippen MR) is 69.4 cm³/mol. The number of nitrogens with one attached hydrogen (secondary N) is 1. The van der Waals surface area contributed by atoms with E-state index in [1.165, 1.54) is 0 Å². The molecule has 1 aliphatic carbocycles. The summed E-state index contributed by atoms with van der Waals surface area (Å²) in [4.78, 5) is 24.3. The van der Waals surface area contributed by atoms with Gasteiger partial charge in [-0.2, -0.15) is 0 Å². The largest absolute Gasteiger partial charge is 0.481 e. The van der Waals surface area contributed by atoms with Crippen molar-refractivity contribution in [2.24, 2.45) is 11.3 Å². The van der Waals surface area contributed by atoms with Gasteiger partial charge >= 0.3 is 12.0 Å². The standard InChI is InChI=1S/C13H24N2O3/c1-10(2)8-15(3)12(18)14-9-13(5-4-6-13)7-11(16)17/h10H,4-9H2,1-3H3,(H,14,18)(H,16,17). The van der Waals surface area contributed by atoms with Gasteiger partial charge in [0.2, 0.25) is 0 Å². The number of carboxylic acids is 1. The van der Waals surface area contributed by atoms with Crippen molar-refractivity contribution in [1.29, 1.82) is 0 Å². The van der Waals surface area contributed by atoms with Crippen LogP contribution in [0.15, 0.2) is 0 Å². The Labute approximate surface area is 109 Å². The lowest BCUT2D eigenvalue weighted by molar-refractivity contribution is -0.141. The fourth-order valence-electron chi connectivity index (χ4n) is 2.44. The number of amides is 2. The summed E-state index contributed by atoms with van der Waals surface area (Å²) in [6, 6.07) is -0.111. The van der Waals surface area contributed by atoms with Crippen LogP contribution in [0.3, 0.4) is 0 Å². The molecule has 104 valence electrons. The van der Waals surface area contributed by atoms with Gasteiger partial charge in [0.1, 0.15) is 0 Å². The normalized spacial score (nSPS) is 17.1. The molecule has 1 fully saturated rings. The summed E-state index contributed by atoms with van der Waals surface area (Å²) in [5, 5.41) is 11.7. The van der Waals surface area contributed by atoms with Gasteiger partial charge in [0.05, 0.1) is 6.42 Å². The molecule has 1 aliphatic rings. The molecule has 2 N–H and O–H groups in total. The first-order chi connectivity index (χ1) is 8.34. The van der Waals surface area contributed by atoms with Crippen molar-refractivity contribution in [3.8, 4) is 0 Å². The number of aliphatic carboxylic acids is 1. The van der Waals surface area contributed by atoms with Gasteiger partial charge in [0.15, 0.2) is 0 Å². The second-order valence-electron chi connectivity index (χ2n) is 5.86. The molecule has 5 nitrogen and oxygen atoms in total. The first-order valence-corrected chi connectivity index (χ1v) is 6.55. The van der Waals surface area contributed by atoms with Crippen LogP contribution in [0.1, 0.15) is 39.5 Å². The van der Waals surface area contributed by atoms with Crippen LogP contribution in [0, 0.1) is 11.3 Å². The van der Waals surface area contributed by atoms with E-state index < -0.39 is 5.97 Å². The highest BCUT2D eigenvalue weighted by molar-refractivity contribution is 5.74. The molecule has 18 heavy (non-hydrogen) atoms.